The molecule has 1 aromatic heterocycles. The Kier molecular flexibility index (Phi) is 6.76. The van der Waals surface area contributed by atoms with E-state index in [0.29, 0.717) is 29.7 Å². The number of nitrogens with zero attached hydrogens (tertiary/aromatic N) is 2. The molecule has 1 N–H and O–H groups in total. The molecule has 0 radical (unpaired) electrons. The average Bonchev–Trinajstić information content (AvgIpc) is 3.13. The van der Waals surface area contributed by atoms with Gasteiger partial charge in [0.25, 0.3) is 5.91 Å². The van der Waals surface area contributed by atoms with E-state index in [2.05, 4.69) is 22.4 Å². The first-order valence-corrected chi connectivity index (χ1v) is 9.61. The third kappa shape index (κ3) is 5.52. The van der Waals surface area contributed by atoms with Crippen molar-refractivity contribution in [3.8, 4) is 11.5 Å². The summed E-state index contributed by atoms with van der Waals surface area (Å²) in [5.74, 6) is 1.02. The van der Waals surface area contributed by atoms with Gasteiger partial charge in [0.15, 0.2) is 0 Å². The molecule has 1 heterocycles. The quantitative estimate of drug-likeness (QED) is 0.561. The molecular weight excluding hydrogens is 362 g/mol. The van der Waals surface area contributed by atoms with Gasteiger partial charge in [0.2, 0.25) is 5.13 Å². The maximum Gasteiger partial charge on any atom is 0.261 e. The van der Waals surface area contributed by atoms with Gasteiger partial charge in [-0.1, -0.05) is 48.6 Å². The second-order valence-electron chi connectivity index (χ2n) is 5.71. The molecule has 0 saturated heterocycles. The number of amides is 1. The second kappa shape index (κ2) is 9.68. The van der Waals surface area contributed by atoms with Gasteiger partial charge >= 0.3 is 0 Å². The normalized spacial score (nSPS) is 10.4. The van der Waals surface area contributed by atoms with Gasteiger partial charge in [-0.05, 0) is 30.7 Å². The number of para-hydroxylation sites is 2. The van der Waals surface area contributed by atoms with Crippen LogP contribution >= 0.6 is 11.3 Å². The van der Waals surface area contributed by atoms with Crippen LogP contribution in [0.3, 0.4) is 0 Å². The SMILES string of the molecule is CCCc1nnc(NC(=O)c2ccccc2OCCOc2ccccc2)s1. The van der Waals surface area contributed by atoms with Crippen LogP contribution in [0.15, 0.2) is 54.6 Å². The third-order valence-electron chi connectivity index (χ3n) is 3.64. The van der Waals surface area contributed by atoms with Gasteiger partial charge in [-0.3, -0.25) is 10.1 Å². The number of carbonyl (C=O) groups excluding carboxylic acids is 1. The number of anilines is 1. The standard InChI is InChI=1S/C20H21N3O3S/c1-2-8-18-22-23-20(27-18)21-19(24)16-11-6-7-12-17(16)26-14-13-25-15-9-4-3-5-10-15/h3-7,9-12H,2,8,13-14H2,1H3,(H,21,23,24). The lowest BCUT2D eigenvalue weighted by Gasteiger charge is -2.11. The first-order chi connectivity index (χ1) is 13.3. The van der Waals surface area contributed by atoms with E-state index in [1.165, 1.54) is 11.3 Å². The number of ether oxygens (including phenoxy) is 2. The van der Waals surface area contributed by atoms with Crippen molar-refractivity contribution in [1.82, 2.24) is 10.2 Å². The summed E-state index contributed by atoms with van der Waals surface area (Å²) in [5, 5.41) is 12.3. The van der Waals surface area contributed by atoms with Gasteiger partial charge in [-0.2, -0.15) is 0 Å². The molecule has 0 fully saturated rings. The maximum atomic E-state index is 12.6. The zero-order chi connectivity index (χ0) is 18.9. The van der Waals surface area contributed by atoms with Crippen LogP contribution in [0.4, 0.5) is 5.13 Å². The lowest BCUT2D eigenvalue weighted by molar-refractivity contribution is 0.102. The molecule has 27 heavy (non-hydrogen) atoms. The third-order valence-corrected chi connectivity index (χ3v) is 4.53. The highest BCUT2D eigenvalue weighted by Gasteiger charge is 2.14. The Balaban J connectivity index is 1.56. The van der Waals surface area contributed by atoms with E-state index in [-0.39, 0.29) is 5.91 Å². The highest BCUT2D eigenvalue weighted by atomic mass is 32.1. The Hall–Kier alpha value is -2.93. The number of benzene rings is 2. The summed E-state index contributed by atoms with van der Waals surface area (Å²) in [6.45, 7) is 2.80. The van der Waals surface area contributed by atoms with E-state index in [1.807, 2.05) is 36.4 Å². The molecule has 0 aliphatic carbocycles. The Labute approximate surface area is 162 Å². The largest absolute Gasteiger partial charge is 0.490 e. The number of aryl methyl sites for hydroxylation is 1. The lowest BCUT2D eigenvalue weighted by atomic mass is 10.2. The molecule has 1 amide bonds. The van der Waals surface area contributed by atoms with E-state index in [0.717, 1.165) is 23.6 Å². The smallest absolute Gasteiger partial charge is 0.261 e. The van der Waals surface area contributed by atoms with Crippen LogP contribution in [0.1, 0.15) is 28.7 Å². The maximum absolute atomic E-state index is 12.6. The lowest BCUT2D eigenvalue weighted by Crippen LogP contribution is -2.15. The number of aromatic nitrogens is 2. The first kappa shape index (κ1) is 18.8. The molecule has 3 aromatic rings. The van der Waals surface area contributed by atoms with Gasteiger partial charge in [0.05, 0.1) is 5.56 Å². The molecule has 0 aliphatic rings. The summed E-state index contributed by atoms with van der Waals surface area (Å²) in [6.07, 6.45) is 1.85. The van der Waals surface area contributed by atoms with E-state index in [9.17, 15) is 4.79 Å². The molecule has 6 nitrogen and oxygen atoms in total. The van der Waals surface area contributed by atoms with Crippen LogP contribution in [-0.4, -0.2) is 29.3 Å². The molecule has 0 saturated carbocycles. The minimum atomic E-state index is -0.270. The number of hydrogen-bond acceptors (Lipinski definition) is 6. The minimum absolute atomic E-state index is 0.270. The van der Waals surface area contributed by atoms with Gasteiger partial charge < -0.3 is 9.47 Å². The highest BCUT2D eigenvalue weighted by Crippen LogP contribution is 2.22. The molecular formula is C20H21N3O3S. The van der Waals surface area contributed by atoms with Crippen LogP contribution in [-0.2, 0) is 6.42 Å². The predicted molar refractivity (Wildman–Crippen MR) is 106 cm³/mol. The number of nitrogens with one attached hydrogen (secondary N) is 1. The van der Waals surface area contributed by atoms with Crippen molar-refractivity contribution >= 4 is 22.4 Å². The zero-order valence-corrected chi connectivity index (χ0v) is 15.9. The second-order valence-corrected chi connectivity index (χ2v) is 6.77. The van der Waals surface area contributed by atoms with Crippen molar-refractivity contribution in [2.24, 2.45) is 0 Å². The van der Waals surface area contributed by atoms with Crippen molar-refractivity contribution < 1.29 is 14.3 Å². The zero-order valence-electron chi connectivity index (χ0n) is 15.1. The van der Waals surface area contributed by atoms with Crippen molar-refractivity contribution in [3.05, 3.63) is 65.2 Å². The van der Waals surface area contributed by atoms with Gasteiger partial charge in [0, 0.05) is 6.42 Å². The molecule has 3 rings (SSSR count). The van der Waals surface area contributed by atoms with Crippen molar-refractivity contribution in [2.45, 2.75) is 19.8 Å². The van der Waals surface area contributed by atoms with Gasteiger partial charge in [0.1, 0.15) is 29.7 Å². The molecule has 0 unspecified atom stereocenters. The summed E-state index contributed by atoms with van der Waals surface area (Å²) < 4.78 is 11.4. The topological polar surface area (TPSA) is 73.3 Å². The molecule has 0 spiro atoms. The van der Waals surface area contributed by atoms with E-state index >= 15 is 0 Å². The molecule has 0 atom stereocenters. The van der Waals surface area contributed by atoms with Crippen molar-refractivity contribution in [2.75, 3.05) is 18.5 Å². The van der Waals surface area contributed by atoms with Crippen LogP contribution in [0.5, 0.6) is 11.5 Å². The molecule has 7 heteroatoms. The summed E-state index contributed by atoms with van der Waals surface area (Å²) in [7, 11) is 0. The molecule has 0 bridgehead atoms. The summed E-state index contributed by atoms with van der Waals surface area (Å²) >= 11 is 1.39. The minimum Gasteiger partial charge on any atom is -0.490 e. The van der Waals surface area contributed by atoms with Crippen LogP contribution in [0, 0.1) is 0 Å². The Morgan fingerprint density at radius 2 is 1.74 bits per heavy atom. The summed E-state index contributed by atoms with van der Waals surface area (Å²) in [5.41, 5.74) is 0.449. The van der Waals surface area contributed by atoms with E-state index in [1.54, 1.807) is 18.2 Å². The fourth-order valence-electron chi connectivity index (χ4n) is 2.39. The van der Waals surface area contributed by atoms with Crippen LogP contribution in [0.25, 0.3) is 0 Å². The van der Waals surface area contributed by atoms with Crippen molar-refractivity contribution in [3.63, 3.8) is 0 Å². The summed E-state index contributed by atoms with van der Waals surface area (Å²) in [6, 6.07) is 16.6. The van der Waals surface area contributed by atoms with Gasteiger partial charge in [-0.25, -0.2) is 0 Å². The molecule has 0 aliphatic heterocycles. The Morgan fingerprint density at radius 3 is 2.56 bits per heavy atom. The van der Waals surface area contributed by atoms with Gasteiger partial charge in [-0.15, -0.1) is 10.2 Å². The predicted octanol–water partition coefficient (Wildman–Crippen LogP) is 4.20. The highest BCUT2D eigenvalue weighted by molar-refractivity contribution is 7.15. The van der Waals surface area contributed by atoms with Crippen LogP contribution < -0.4 is 14.8 Å². The Bertz CT molecular complexity index is 868. The molecule has 2 aromatic carbocycles. The number of carbonyl (C=O) groups is 1. The fourth-order valence-corrected chi connectivity index (χ4v) is 3.23. The summed E-state index contributed by atoms with van der Waals surface area (Å²) in [4.78, 5) is 12.6. The van der Waals surface area contributed by atoms with Crippen molar-refractivity contribution in [1.29, 1.82) is 0 Å². The average molecular weight is 383 g/mol. The Morgan fingerprint density at radius 1 is 1.00 bits per heavy atom. The fraction of sp³-hybridized carbons (Fsp3) is 0.250. The number of hydrogen-bond donors (Lipinski definition) is 1. The first-order valence-electron chi connectivity index (χ1n) is 8.79. The van der Waals surface area contributed by atoms with Crippen LogP contribution in [0.2, 0.25) is 0 Å². The van der Waals surface area contributed by atoms with E-state index in [4.69, 9.17) is 9.47 Å². The monoisotopic (exact) mass is 383 g/mol. The molecule has 140 valence electrons. The van der Waals surface area contributed by atoms with E-state index < -0.39 is 0 Å². The number of rotatable bonds is 9.